The largest absolute Gasteiger partial charge is 0.404 e. The molecule has 1 heterocycles. The molecule has 1 aromatic rings. The monoisotopic (exact) mass is 235 g/mol. The van der Waals surface area contributed by atoms with E-state index >= 15 is 0 Å². The quantitative estimate of drug-likeness (QED) is 0.630. The minimum atomic E-state index is -0.316. The molecule has 0 bridgehead atoms. The van der Waals surface area contributed by atoms with Crippen LogP contribution in [0.4, 0.5) is 0 Å². The van der Waals surface area contributed by atoms with Crippen LogP contribution in [-0.4, -0.2) is 23.7 Å². The molecule has 0 saturated heterocycles. The zero-order chi connectivity index (χ0) is 11.7. The molecule has 0 aromatic heterocycles. The first-order chi connectivity index (χ1) is 7.63. The molecule has 0 radical (unpaired) electrons. The van der Waals surface area contributed by atoms with Crippen molar-refractivity contribution in [2.24, 2.45) is 4.99 Å². The van der Waals surface area contributed by atoms with Gasteiger partial charge in [-0.3, -0.25) is 0 Å². The van der Waals surface area contributed by atoms with E-state index in [0.29, 0.717) is 17.2 Å². The predicted molar refractivity (Wildman–Crippen MR) is 66.4 cm³/mol. The number of carbonyl (C=O) groups is 1. The minimum absolute atomic E-state index is 0.0386. The number of benzene rings is 1. The van der Waals surface area contributed by atoms with Crippen molar-refractivity contribution in [2.75, 3.05) is 5.75 Å². The SMILES string of the molecule is Cc1cccc2c1C(=NC(C)CS)OC2=O. The number of hydrogen-bond donors (Lipinski definition) is 1. The lowest BCUT2D eigenvalue weighted by Gasteiger charge is -2.04. The highest BCUT2D eigenvalue weighted by Gasteiger charge is 2.29. The van der Waals surface area contributed by atoms with Crippen LogP contribution in [-0.2, 0) is 4.74 Å². The molecule has 1 aliphatic rings. The van der Waals surface area contributed by atoms with Crippen LogP contribution < -0.4 is 0 Å². The van der Waals surface area contributed by atoms with E-state index in [2.05, 4.69) is 17.6 Å². The Bertz CT molecular complexity index is 468. The van der Waals surface area contributed by atoms with Crippen LogP contribution in [0.2, 0.25) is 0 Å². The first kappa shape index (κ1) is 11.2. The first-order valence-electron chi connectivity index (χ1n) is 5.14. The number of esters is 1. The number of carbonyl (C=O) groups excluding carboxylic acids is 1. The van der Waals surface area contributed by atoms with Crippen molar-refractivity contribution in [1.29, 1.82) is 0 Å². The van der Waals surface area contributed by atoms with Crippen LogP contribution >= 0.6 is 12.6 Å². The lowest BCUT2D eigenvalue weighted by molar-refractivity contribution is 0.0736. The summed E-state index contributed by atoms with van der Waals surface area (Å²) in [5, 5.41) is 0. The smallest absolute Gasteiger partial charge is 0.345 e. The minimum Gasteiger partial charge on any atom is -0.404 e. The normalized spacial score (nSPS) is 18.4. The molecule has 0 N–H and O–H groups in total. The van der Waals surface area contributed by atoms with Crippen molar-refractivity contribution in [3.8, 4) is 0 Å². The highest BCUT2D eigenvalue weighted by molar-refractivity contribution is 7.80. The summed E-state index contributed by atoms with van der Waals surface area (Å²) in [6, 6.07) is 5.59. The summed E-state index contributed by atoms with van der Waals surface area (Å²) in [5.41, 5.74) is 2.43. The van der Waals surface area contributed by atoms with E-state index in [0.717, 1.165) is 11.1 Å². The topological polar surface area (TPSA) is 38.7 Å². The third kappa shape index (κ3) is 1.85. The molecule has 2 rings (SSSR count). The number of hydrogen-bond acceptors (Lipinski definition) is 4. The van der Waals surface area contributed by atoms with Crippen molar-refractivity contribution in [3.63, 3.8) is 0 Å². The third-order valence-corrected chi connectivity index (χ3v) is 3.03. The molecule has 0 saturated carbocycles. The summed E-state index contributed by atoms with van der Waals surface area (Å²) in [4.78, 5) is 15.9. The van der Waals surface area contributed by atoms with E-state index < -0.39 is 0 Å². The van der Waals surface area contributed by atoms with Gasteiger partial charge in [-0.15, -0.1) is 0 Å². The molecule has 1 aliphatic heterocycles. The number of cyclic esters (lactones) is 1. The van der Waals surface area contributed by atoms with Gasteiger partial charge in [0, 0.05) is 5.75 Å². The Kier molecular flexibility index (Phi) is 3.01. The number of ether oxygens (including phenoxy) is 1. The Morgan fingerprint density at radius 1 is 1.50 bits per heavy atom. The summed E-state index contributed by atoms with van der Waals surface area (Å²) < 4.78 is 5.16. The van der Waals surface area contributed by atoms with E-state index in [4.69, 9.17) is 4.74 Å². The molecule has 0 aliphatic carbocycles. The fourth-order valence-electron chi connectivity index (χ4n) is 1.65. The number of fused-ring (bicyclic) bond motifs is 1. The molecule has 1 aromatic carbocycles. The summed E-state index contributed by atoms with van der Waals surface area (Å²) >= 11 is 4.16. The van der Waals surface area contributed by atoms with Crippen molar-refractivity contribution < 1.29 is 9.53 Å². The third-order valence-electron chi connectivity index (χ3n) is 2.50. The Labute approximate surface area is 99.9 Å². The Morgan fingerprint density at radius 2 is 2.25 bits per heavy atom. The average Bonchev–Trinajstić information content (AvgIpc) is 2.57. The predicted octanol–water partition coefficient (Wildman–Crippen LogP) is 2.23. The van der Waals surface area contributed by atoms with Gasteiger partial charge >= 0.3 is 5.97 Å². The lowest BCUT2D eigenvalue weighted by Crippen LogP contribution is -2.08. The molecular weight excluding hydrogens is 222 g/mol. The molecule has 1 unspecified atom stereocenters. The average molecular weight is 235 g/mol. The van der Waals surface area contributed by atoms with Crippen LogP contribution in [0.25, 0.3) is 0 Å². The molecule has 0 fully saturated rings. The van der Waals surface area contributed by atoms with E-state index in [9.17, 15) is 4.79 Å². The van der Waals surface area contributed by atoms with Gasteiger partial charge in [0.2, 0.25) is 5.90 Å². The van der Waals surface area contributed by atoms with Crippen LogP contribution in [0.3, 0.4) is 0 Å². The van der Waals surface area contributed by atoms with Crippen LogP contribution in [0.5, 0.6) is 0 Å². The maximum atomic E-state index is 11.6. The van der Waals surface area contributed by atoms with Gasteiger partial charge in [-0.25, -0.2) is 9.79 Å². The van der Waals surface area contributed by atoms with Crippen molar-refractivity contribution in [2.45, 2.75) is 19.9 Å². The Balaban J connectivity index is 2.50. The summed E-state index contributed by atoms with van der Waals surface area (Å²) in [6.07, 6.45) is 0. The van der Waals surface area contributed by atoms with Crippen molar-refractivity contribution in [1.82, 2.24) is 0 Å². The maximum absolute atomic E-state index is 11.6. The molecule has 3 nitrogen and oxygen atoms in total. The summed E-state index contributed by atoms with van der Waals surface area (Å²) in [7, 11) is 0. The lowest BCUT2D eigenvalue weighted by atomic mass is 10.0. The maximum Gasteiger partial charge on any atom is 0.345 e. The summed E-state index contributed by atoms with van der Waals surface area (Å²) in [5.74, 6) is 0.742. The number of rotatable bonds is 2. The van der Waals surface area contributed by atoms with Gasteiger partial charge in [0.1, 0.15) is 0 Å². The zero-order valence-corrected chi connectivity index (χ0v) is 10.1. The fraction of sp³-hybridized carbons (Fsp3) is 0.333. The highest BCUT2D eigenvalue weighted by atomic mass is 32.1. The van der Waals surface area contributed by atoms with Gasteiger partial charge in [-0.05, 0) is 25.5 Å². The zero-order valence-electron chi connectivity index (χ0n) is 9.23. The van der Waals surface area contributed by atoms with Crippen molar-refractivity contribution in [3.05, 3.63) is 34.9 Å². The molecular formula is C12H13NO2S. The molecule has 0 amide bonds. The van der Waals surface area contributed by atoms with Crippen LogP contribution in [0.15, 0.2) is 23.2 Å². The summed E-state index contributed by atoms with van der Waals surface area (Å²) in [6.45, 7) is 3.88. The van der Waals surface area contributed by atoms with Gasteiger partial charge in [0.05, 0.1) is 17.2 Å². The Hall–Kier alpha value is -1.29. The molecule has 16 heavy (non-hydrogen) atoms. The second-order valence-corrected chi connectivity index (χ2v) is 4.22. The molecule has 0 spiro atoms. The second kappa shape index (κ2) is 4.29. The van der Waals surface area contributed by atoms with E-state index in [-0.39, 0.29) is 12.0 Å². The van der Waals surface area contributed by atoms with Crippen LogP contribution in [0, 0.1) is 6.92 Å². The molecule has 1 atom stereocenters. The van der Waals surface area contributed by atoms with Gasteiger partial charge in [-0.2, -0.15) is 12.6 Å². The molecule has 4 heteroatoms. The first-order valence-corrected chi connectivity index (χ1v) is 5.77. The van der Waals surface area contributed by atoms with Gasteiger partial charge < -0.3 is 4.74 Å². The standard InChI is InChI=1S/C12H13NO2S/c1-7-4-3-5-9-10(7)11(15-12(9)14)13-8(2)6-16/h3-5,8,16H,6H2,1-2H3. The van der Waals surface area contributed by atoms with E-state index in [1.54, 1.807) is 6.07 Å². The van der Waals surface area contributed by atoms with Crippen molar-refractivity contribution >= 4 is 24.5 Å². The number of aryl methyl sites for hydroxylation is 1. The van der Waals surface area contributed by atoms with Gasteiger partial charge in [0.25, 0.3) is 0 Å². The number of nitrogens with zero attached hydrogens (tertiary/aromatic N) is 1. The Morgan fingerprint density at radius 3 is 2.94 bits per heavy atom. The number of aliphatic imine (C=N–C) groups is 1. The highest BCUT2D eigenvalue weighted by Crippen LogP contribution is 2.24. The van der Waals surface area contributed by atoms with Crippen LogP contribution in [0.1, 0.15) is 28.4 Å². The second-order valence-electron chi connectivity index (χ2n) is 3.85. The van der Waals surface area contributed by atoms with E-state index in [1.807, 2.05) is 26.0 Å². The fourth-order valence-corrected chi connectivity index (χ4v) is 1.73. The molecule has 84 valence electrons. The van der Waals surface area contributed by atoms with E-state index in [1.165, 1.54) is 0 Å². The van der Waals surface area contributed by atoms with Gasteiger partial charge in [-0.1, -0.05) is 12.1 Å². The van der Waals surface area contributed by atoms with Gasteiger partial charge in [0.15, 0.2) is 0 Å². The number of thiol groups is 1.